The summed E-state index contributed by atoms with van der Waals surface area (Å²) in [5.41, 5.74) is 15.1. The lowest BCUT2D eigenvalue weighted by atomic mass is 9.94. The van der Waals surface area contributed by atoms with Crippen LogP contribution in [-0.4, -0.2) is 55.5 Å². The number of nitrogens with zero attached hydrogens (tertiary/aromatic N) is 1. The molecule has 0 saturated heterocycles. The molecule has 0 fully saturated rings. The van der Waals surface area contributed by atoms with E-state index in [1.807, 2.05) is 113 Å². The van der Waals surface area contributed by atoms with Gasteiger partial charge in [-0.05, 0) is 152 Å². The van der Waals surface area contributed by atoms with Gasteiger partial charge < -0.3 is 29.2 Å². The van der Waals surface area contributed by atoms with Gasteiger partial charge in [0.15, 0.2) is 0 Å². The first-order valence-corrected chi connectivity index (χ1v) is 20.5. The number of hydrogen-bond acceptors (Lipinski definition) is 7. The van der Waals surface area contributed by atoms with Crippen molar-refractivity contribution in [1.82, 2.24) is 19.9 Å². The van der Waals surface area contributed by atoms with Crippen molar-refractivity contribution in [3.63, 3.8) is 0 Å². The zero-order valence-corrected chi connectivity index (χ0v) is 35.2. The minimum atomic E-state index is -0.555. The van der Waals surface area contributed by atoms with E-state index >= 15 is 0 Å². The molecule has 8 bridgehead atoms. The first kappa shape index (κ1) is 40.4. The molecule has 10 nitrogen and oxygen atoms in total. The number of alkyl halides is 3. The van der Waals surface area contributed by atoms with Crippen LogP contribution in [0.3, 0.4) is 0 Å². The largest absolute Gasteiger partial charge is 0.426 e. The van der Waals surface area contributed by atoms with E-state index in [2.05, 4.69) is 15.0 Å². The molecular weight excluding hydrogens is 823 g/mol. The molecule has 0 amide bonds. The number of halogens is 3. The number of carbonyl (C=O) groups is 3. The average molecular weight is 860 g/mol. The van der Waals surface area contributed by atoms with Gasteiger partial charge in [0.25, 0.3) is 0 Å². The van der Waals surface area contributed by atoms with Gasteiger partial charge in [-0.3, -0.25) is 14.4 Å². The highest BCUT2D eigenvalue weighted by molar-refractivity contribution is 6.27. The van der Waals surface area contributed by atoms with Crippen LogP contribution in [0.25, 0.3) is 78.6 Å². The van der Waals surface area contributed by atoms with Gasteiger partial charge in [-0.25, -0.2) is 4.98 Å². The molecule has 1 aliphatic rings. The van der Waals surface area contributed by atoms with Crippen molar-refractivity contribution in [2.24, 2.45) is 0 Å². The molecule has 0 unspecified atom stereocenters. The molecule has 0 radical (unpaired) electrons. The molecular formula is C47H37Cl3N4O6. The SMILES string of the molecule is Cc1cc(OC(=O)CCl)cc(C)c1-c1c2nc(c(-c3ccc(OC(=O)CCl)cc3)c3ccc([nH]3)c(-c3c(C)cc(OC(=O)CCl)cc3C)c3ccc([nH]3)c3ccc1[nH]3)C=C2. The third-order valence-electron chi connectivity index (χ3n) is 10.3. The molecule has 3 N–H and O–H groups in total. The molecule has 302 valence electrons. The summed E-state index contributed by atoms with van der Waals surface area (Å²) in [4.78, 5) is 52.7. The van der Waals surface area contributed by atoms with Crippen LogP contribution in [-0.2, 0) is 14.4 Å². The fourth-order valence-corrected chi connectivity index (χ4v) is 8.06. The molecule has 0 aliphatic carbocycles. The van der Waals surface area contributed by atoms with Gasteiger partial charge in [0.05, 0.1) is 22.4 Å². The summed E-state index contributed by atoms with van der Waals surface area (Å²) in [6.07, 6.45) is 3.98. The Morgan fingerprint density at radius 1 is 0.450 bits per heavy atom. The van der Waals surface area contributed by atoms with Gasteiger partial charge in [-0.15, -0.1) is 34.8 Å². The summed E-state index contributed by atoms with van der Waals surface area (Å²) in [7, 11) is 0. The van der Waals surface area contributed by atoms with Crippen LogP contribution in [0, 0.1) is 27.7 Å². The van der Waals surface area contributed by atoms with Crippen molar-refractivity contribution < 1.29 is 28.6 Å². The Bertz CT molecular complexity index is 2990. The van der Waals surface area contributed by atoms with Crippen LogP contribution in [0.4, 0.5) is 0 Å². The molecule has 3 aromatic carbocycles. The van der Waals surface area contributed by atoms with Gasteiger partial charge >= 0.3 is 17.9 Å². The highest BCUT2D eigenvalue weighted by Gasteiger charge is 2.21. The van der Waals surface area contributed by atoms with E-state index in [1.165, 1.54) is 0 Å². The van der Waals surface area contributed by atoms with Crippen molar-refractivity contribution in [2.75, 3.05) is 17.6 Å². The number of benzene rings is 3. The fraction of sp³-hybridized carbons (Fsp3) is 0.149. The Morgan fingerprint density at radius 3 is 1.25 bits per heavy atom. The number of hydrogen-bond donors (Lipinski definition) is 3. The van der Waals surface area contributed by atoms with E-state index in [-0.39, 0.29) is 17.6 Å². The molecule has 4 aromatic heterocycles. The second-order valence-corrected chi connectivity index (χ2v) is 15.2. The Hall–Kier alpha value is -6.33. The van der Waals surface area contributed by atoms with Gasteiger partial charge in [-0.1, -0.05) is 12.1 Å². The molecule has 7 aromatic rings. The number of aromatic nitrogens is 4. The number of aromatic amines is 3. The van der Waals surface area contributed by atoms with Crippen molar-refractivity contribution in [1.29, 1.82) is 0 Å². The Kier molecular flexibility index (Phi) is 11.3. The summed E-state index contributed by atoms with van der Waals surface area (Å²) < 4.78 is 16.4. The van der Waals surface area contributed by atoms with Crippen molar-refractivity contribution in [3.8, 4) is 50.6 Å². The third-order valence-corrected chi connectivity index (χ3v) is 10.9. The van der Waals surface area contributed by atoms with E-state index in [1.54, 1.807) is 12.1 Å². The lowest BCUT2D eigenvalue weighted by Gasteiger charge is -2.14. The lowest BCUT2D eigenvalue weighted by Crippen LogP contribution is -2.09. The van der Waals surface area contributed by atoms with Crippen LogP contribution in [0.5, 0.6) is 17.2 Å². The van der Waals surface area contributed by atoms with Crippen LogP contribution in [0.15, 0.2) is 84.9 Å². The number of rotatable bonds is 9. The van der Waals surface area contributed by atoms with Crippen LogP contribution in [0.1, 0.15) is 33.6 Å². The third kappa shape index (κ3) is 7.89. The molecule has 5 heterocycles. The minimum Gasteiger partial charge on any atom is -0.426 e. The average Bonchev–Trinajstić information content (AvgIpc) is 4.07. The summed E-state index contributed by atoms with van der Waals surface area (Å²) in [5, 5.41) is 0. The maximum Gasteiger partial charge on any atom is 0.326 e. The zero-order chi connectivity index (χ0) is 42.2. The minimum absolute atomic E-state index is 0.259. The maximum atomic E-state index is 12.1. The zero-order valence-electron chi connectivity index (χ0n) is 32.9. The smallest absolute Gasteiger partial charge is 0.326 e. The fourth-order valence-electron chi connectivity index (χ4n) is 7.90. The first-order chi connectivity index (χ1) is 28.9. The summed E-state index contributed by atoms with van der Waals surface area (Å²) in [5.74, 6) is -1.25. The molecule has 8 rings (SSSR count). The monoisotopic (exact) mass is 858 g/mol. The molecule has 1 aliphatic heterocycles. The number of esters is 3. The highest BCUT2D eigenvalue weighted by Crippen LogP contribution is 2.41. The van der Waals surface area contributed by atoms with E-state index in [9.17, 15) is 14.4 Å². The molecule has 0 atom stereocenters. The van der Waals surface area contributed by atoms with Gasteiger partial charge in [0.2, 0.25) is 0 Å². The predicted octanol–water partition coefficient (Wildman–Crippen LogP) is 11.4. The van der Waals surface area contributed by atoms with Crippen molar-refractivity contribution in [2.45, 2.75) is 27.7 Å². The van der Waals surface area contributed by atoms with Crippen LogP contribution < -0.4 is 14.2 Å². The predicted molar refractivity (Wildman–Crippen MR) is 239 cm³/mol. The Balaban J connectivity index is 1.46. The lowest BCUT2D eigenvalue weighted by molar-refractivity contribution is -0.132. The Labute approximate surface area is 359 Å². The first-order valence-electron chi connectivity index (χ1n) is 18.9. The quantitative estimate of drug-likeness (QED) is 0.0746. The van der Waals surface area contributed by atoms with Crippen molar-refractivity contribution >= 4 is 98.0 Å². The summed E-state index contributed by atoms with van der Waals surface area (Å²) in [6.45, 7) is 7.91. The second kappa shape index (κ2) is 16.7. The molecule has 13 heteroatoms. The molecule has 60 heavy (non-hydrogen) atoms. The van der Waals surface area contributed by atoms with E-state index in [0.717, 1.165) is 88.7 Å². The van der Waals surface area contributed by atoms with Gasteiger partial charge in [0, 0.05) is 38.8 Å². The summed E-state index contributed by atoms with van der Waals surface area (Å²) in [6, 6.07) is 26.7. The van der Waals surface area contributed by atoms with Gasteiger partial charge in [-0.2, -0.15) is 0 Å². The highest BCUT2D eigenvalue weighted by atomic mass is 35.5. The van der Waals surface area contributed by atoms with E-state index in [0.29, 0.717) is 28.6 Å². The van der Waals surface area contributed by atoms with Gasteiger partial charge in [0.1, 0.15) is 34.9 Å². The van der Waals surface area contributed by atoms with Crippen LogP contribution in [0.2, 0.25) is 0 Å². The topological polar surface area (TPSA) is 139 Å². The second-order valence-electron chi connectivity index (χ2n) is 14.4. The number of H-pyrrole nitrogens is 3. The normalized spacial score (nSPS) is 11.6. The molecule has 0 saturated carbocycles. The van der Waals surface area contributed by atoms with E-state index < -0.39 is 17.9 Å². The Morgan fingerprint density at radius 2 is 0.800 bits per heavy atom. The number of ether oxygens (including phenoxy) is 3. The maximum absolute atomic E-state index is 12.1. The number of nitrogens with one attached hydrogen (secondary N) is 3. The van der Waals surface area contributed by atoms with E-state index in [4.69, 9.17) is 54.0 Å². The van der Waals surface area contributed by atoms with Crippen LogP contribution >= 0.6 is 34.8 Å². The number of aryl methyl sites for hydroxylation is 4. The number of carbonyl (C=O) groups excluding carboxylic acids is 3. The standard InChI is InChI=1S/C47H37Cl3N4O6/c1-24-17-30(59-41(56)22-49)18-25(2)43(24)46-36-11-9-32(51-36)33-10-12-37(52-33)47(44-26(3)19-31(20-27(44)4)60-42(57)23-50)39-16-14-35(54-39)45(34-13-15-38(46)53-34)28-5-7-29(8-6-28)58-40(55)21-48/h5-20,51-53H,21-23H2,1-4H3. The molecule has 0 spiro atoms. The number of fused-ring (bicyclic) bond motifs is 9. The van der Waals surface area contributed by atoms with Crippen molar-refractivity contribution in [3.05, 3.63) is 119 Å². The summed E-state index contributed by atoms with van der Waals surface area (Å²) >= 11 is 17.2.